The normalized spacial score (nSPS) is 11.5. The van der Waals surface area contributed by atoms with Crippen molar-refractivity contribution in [3.63, 3.8) is 0 Å². The second kappa shape index (κ2) is 9.01. The van der Waals surface area contributed by atoms with E-state index in [1.54, 1.807) is 37.4 Å². The number of hydrazine groups is 1. The molecule has 2 aromatic heterocycles. The van der Waals surface area contributed by atoms with Crippen LogP contribution in [0.25, 0.3) is 11.2 Å². The lowest BCUT2D eigenvalue weighted by atomic mass is 10.2. The van der Waals surface area contributed by atoms with Gasteiger partial charge in [-0.15, -0.1) is 0 Å². The zero-order valence-corrected chi connectivity index (χ0v) is 17.8. The third-order valence-corrected chi connectivity index (χ3v) is 5.49. The van der Waals surface area contributed by atoms with Gasteiger partial charge in [-0.2, -0.15) is 0 Å². The third kappa shape index (κ3) is 5.75. The first-order valence-corrected chi connectivity index (χ1v) is 10.2. The molecule has 0 saturated carbocycles. The second-order valence-electron chi connectivity index (χ2n) is 7.10. The quantitative estimate of drug-likeness (QED) is 0.482. The summed E-state index contributed by atoms with van der Waals surface area (Å²) in [7, 11) is -2.04. The SMILES string of the molecule is COC(C)(C)C.Cc1ccc(S(=O)(=O)n2ccc3nc(NNC=O)cnc32)cc1. The van der Waals surface area contributed by atoms with Gasteiger partial charge >= 0.3 is 0 Å². The van der Waals surface area contributed by atoms with Gasteiger partial charge in [-0.3, -0.25) is 15.6 Å². The molecule has 0 aliphatic rings. The van der Waals surface area contributed by atoms with E-state index in [4.69, 9.17) is 4.74 Å². The van der Waals surface area contributed by atoms with E-state index < -0.39 is 10.0 Å². The number of amides is 1. The van der Waals surface area contributed by atoms with E-state index in [-0.39, 0.29) is 16.1 Å². The van der Waals surface area contributed by atoms with Gasteiger partial charge in [0.05, 0.1) is 16.7 Å². The number of hydrogen-bond donors (Lipinski definition) is 2. The molecule has 1 amide bonds. The van der Waals surface area contributed by atoms with E-state index in [9.17, 15) is 13.2 Å². The van der Waals surface area contributed by atoms with Crippen molar-refractivity contribution in [2.24, 2.45) is 0 Å². The van der Waals surface area contributed by atoms with Crippen LogP contribution in [0.3, 0.4) is 0 Å². The molecule has 29 heavy (non-hydrogen) atoms. The number of methoxy groups -OCH3 is 1. The molecule has 0 unspecified atom stereocenters. The van der Waals surface area contributed by atoms with Gasteiger partial charge < -0.3 is 4.74 Å². The van der Waals surface area contributed by atoms with Crippen molar-refractivity contribution in [2.45, 2.75) is 38.2 Å². The molecule has 156 valence electrons. The highest BCUT2D eigenvalue weighted by molar-refractivity contribution is 7.90. The Labute approximate surface area is 170 Å². The van der Waals surface area contributed by atoms with Crippen LogP contribution in [0.2, 0.25) is 0 Å². The number of aryl methyl sites for hydroxylation is 1. The average Bonchev–Trinajstić information content (AvgIpc) is 3.10. The molecule has 0 fully saturated rings. The lowest BCUT2D eigenvalue weighted by molar-refractivity contribution is -0.109. The predicted octanol–water partition coefficient (Wildman–Crippen LogP) is 2.48. The molecule has 0 bridgehead atoms. The molecule has 3 aromatic rings. The summed E-state index contributed by atoms with van der Waals surface area (Å²) in [6.45, 7) is 7.95. The minimum Gasteiger partial charge on any atom is -0.379 e. The summed E-state index contributed by atoms with van der Waals surface area (Å²) in [6, 6.07) is 8.11. The van der Waals surface area contributed by atoms with Gasteiger partial charge in [0, 0.05) is 13.3 Å². The van der Waals surface area contributed by atoms with Crippen LogP contribution in [-0.2, 0) is 19.6 Å². The van der Waals surface area contributed by atoms with Gasteiger partial charge in [-0.25, -0.2) is 22.4 Å². The third-order valence-electron chi connectivity index (χ3n) is 3.81. The average molecular weight is 420 g/mol. The Morgan fingerprint density at radius 3 is 2.31 bits per heavy atom. The molecule has 0 aliphatic carbocycles. The van der Waals surface area contributed by atoms with Gasteiger partial charge in [0.25, 0.3) is 10.0 Å². The van der Waals surface area contributed by atoms with Crippen LogP contribution in [0.1, 0.15) is 26.3 Å². The highest BCUT2D eigenvalue weighted by atomic mass is 32.2. The topological polar surface area (TPSA) is 115 Å². The number of rotatable bonds is 5. The van der Waals surface area contributed by atoms with Crippen molar-refractivity contribution in [1.29, 1.82) is 0 Å². The molecule has 9 nitrogen and oxygen atoms in total. The van der Waals surface area contributed by atoms with E-state index in [0.29, 0.717) is 17.7 Å². The number of fused-ring (bicyclic) bond motifs is 1. The Morgan fingerprint density at radius 1 is 1.14 bits per heavy atom. The largest absolute Gasteiger partial charge is 0.379 e. The standard InChI is InChI=1S/C14H13N5O3S.C5H12O/c1-10-2-4-11(5-3-10)23(21,22)19-7-6-12-14(19)15-8-13(17-12)18-16-9-20;1-5(2,3)6-4/h2-9H,1H3,(H,16,20)(H,17,18);1-4H3. The summed E-state index contributed by atoms with van der Waals surface area (Å²) in [5.41, 5.74) is 6.37. The first-order valence-electron chi connectivity index (χ1n) is 8.75. The number of anilines is 1. The first kappa shape index (κ1) is 22.3. The number of nitrogens with one attached hydrogen (secondary N) is 2. The summed E-state index contributed by atoms with van der Waals surface area (Å²) in [4.78, 5) is 18.7. The Morgan fingerprint density at radius 2 is 1.76 bits per heavy atom. The van der Waals surface area contributed by atoms with Crippen molar-refractivity contribution in [2.75, 3.05) is 12.5 Å². The summed E-state index contributed by atoms with van der Waals surface area (Å²) in [6.07, 6.45) is 3.19. The van der Waals surface area contributed by atoms with Gasteiger partial charge in [-0.05, 0) is 45.9 Å². The molecule has 0 radical (unpaired) electrons. The van der Waals surface area contributed by atoms with Crippen molar-refractivity contribution in [3.8, 4) is 0 Å². The van der Waals surface area contributed by atoms with E-state index in [0.717, 1.165) is 9.54 Å². The maximum absolute atomic E-state index is 12.7. The van der Waals surface area contributed by atoms with Crippen molar-refractivity contribution in [3.05, 3.63) is 48.3 Å². The maximum Gasteiger partial charge on any atom is 0.269 e. The van der Waals surface area contributed by atoms with Crippen LogP contribution in [0, 0.1) is 6.92 Å². The number of nitrogens with zero attached hydrogens (tertiary/aromatic N) is 3. The van der Waals surface area contributed by atoms with Gasteiger partial charge in [0.2, 0.25) is 6.41 Å². The minimum atomic E-state index is -3.75. The number of ether oxygens (including phenoxy) is 1. The fraction of sp³-hybridized carbons (Fsp3) is 0.316. The Kier molecular flexibility index (Phi) is 6.93. The molecule has 2 N–H and O–H groups in total. The van der Waals surface area contributed by atoms with Crippen LogP contribution in [0.5, 0.6) is 0 Å². The summed E-state index contributed by atoms with van der Waals surface area (Å²) < 4.78 is 31.4. The van der Waals surface area contributed by atoms with Crippen molar-refractivity contribution in [1.82, 2.24) is 19.4 Å². The molecule has 0 atom stereocenters. The predicted molar refractivity (Wildman–Crippen MR) is 111 cm³/mol. The zero-order chi connectivity index (χ0) is 21.7. The number of hydrogen-bond acceptors (Lipinski definition) is 7. The molecule has 0 spiro atoms. The smallest absolute Gasteiger partial charge is 0.269 e. The highest BCUT2D eigenvalue weighted by Gasteiger charge is 2.20. The van der Waals surface area contributed by atoms with Crippen molar-refractivity contribution < 1.29 is 17.9 Å². The molecule has 0 saturated heterocycles. The van der Waals surface area contributed by atoms with Crippen LogP contribution < -0.4 is 10.9 Å². The van der Waals surface area contributed by atoms with E-state index in [1.165, 1.54) is 12.4 Å². The summed E-state index contributed by atoms with van der Waals surface area (Å²) in [5, 5.41) is 0. The van der Waals surface area contributed by atoms with Crippen molar-refractivity contribution >= 4 is 33.4 Å². The first-order chi connectivity index (χ1) is 13.6. The van der Waals surface area contributed by atoms with Gasteiger partial charge in [0.1, 0.15) is 5.52 Å². The molecule has 2 heterocycles. The summed E-state index contributed by atoms with van der Waals surface area (Å²) >= 11 is 0. The molecular formula is C19H25N5O4S. The fourth-order valence-electron chi connectivity index (χ4n) is 2.07. The molecule has 10 heteroatoms. The monoisotopic (exact) mass is 419 g/mol. The Balaban J connectivity index is 0.000000438. The number of carbonyl (C=O) groups excluding carboxylic acids is 1. The number of carbonyl (C=O) groups is 1. The lowest BCUT2D eigenvalue weighted by Crippen LogP contribution is -2.20. The highest BCUT2D eigenvalue weighted by Crippen LogP contribution is 2.20. The van der Waals surface area contributed by atoms with Crippen LogP contribution >= 0.6 is 0 Å². The zero-order valence-electron chi connectivity index (χ0n) is 17.0. The van der Waals surface area contributed by atoms with Crippen LogP contribution in [0.4, 0.5) is 5.82 Å². The molecule has 1 aromatic carbocycles. The number of benzene rings is 1. The molecule has 0 aliphatic heterocycles. The van der Waals surface area contributed by atoms with E-state index in [1.807, 2.05) is 27.7 Å². The van der Waals surface area contributed by atoms with Crippen LogP contribution in [0.15, 0.2) is 47.6 Å². The second-order valence-corrected chi connectivity index (χ2v) is 8.91. The fourth-order valence-corrected chi connectivity index (χ4v) is 3.37. The van der Waals surface area contributed by atoms with Gasteiger partial charge in [-0.1, -0.05) is 17.7 Å². The summed E-state index contributed by atoms with van der Waals surface area (Å²) in [5.74, 6) is 0.301. The Bertz CT molecular complexity index is 1070. The van der Waals surface area contributed by atoms with E-state index >= 15 is 0 Å². The minimum absolute atomic E-state index is 0.0417. The van der Waals surface area contributed by atoms with Crippen LogP contribution in [-0.4, -0.2) is 41.5 Å². The maximum atomic E-state index is 12.7. The lowest BCUT2D eigenvalue weighted by Gasteiger charge is -2.14. The number of aromatic nitrogens is 3. The Hall–Kier alpha value is -2.98. The van der Waals surface area contributed by atoms with Gasteiger partial charge in [0.15, 0.2) is 11.5 Å². The molecular weight excluding hydrogens is 394 g/mol. The molecule has 3 rings (SSSR count). The van der Waals surface area contributed by atoms with E-state index in [2.05, 4.69) is 20.8 Å².